The molecular formula is C35H37F. The number of rotatable bonds is 10. The van der Waals surface area contributed by atoms with Crippen molar-refractivity contribution in [2.24, 2.45) is 0 Å². The van der Waals surface area contributed by atoms with Gasteiger partial charge in [-0.1, -0.05) is 112 Å². The number of fused-ring (bicyclic) bond motifs is 1. The van der Waals surface area contributed by atoms with Crippen molar-refractivity contribution in [2.75, 3.05) is 0 Å². The van der Waals surface area contributed by atoms with Crippen molar-refractivity contribution < 1.29 is 4.39 Å². The molecule has 0 heterocycles. The second kappa shape index (κ2) is 13.1. The molecule has 4 aromatic carbocycles. The molecule has 4 rings (SSSR count). The maximum atomic E-state index is 14.9. The van der Waals surface area contributed by atoms with E-state index in [1.165, 1.54) is 42.4 Å². The van der Waals surface area contributed by atoms with E-state index in [9.17, 15) is 4.39 Å². The van der Waals surface area contributed by atoms with Crippen LogP contribution in [0.5, 0.6) is 0 Å². The van der Waals surface area contributed by atoms with Gasteiger partial charge in [0.25, 0.3) is 0 Å². The first kappa shape index (κ1) is 25.7. The SMILES string of the molecule is CCCCCCc1ccc(-c2ccc(C#Cc3ccc4c(F)c(CCCCC)ccc4c3)cc2)cc1. The van der Waals surface area contributed by atoms with E-state index in [1.54, 1.807) is 0 Å². The highest BCUT2D eigenvalue weighted by molar-refractivity contribution is 5.85. The van der Waals surface area contributed by atoms with E-state index >= 15 is 0 Å². The molecule has 0 aliphatic rings. The molecule has 4 aromatic rings. The van der Waals surface area contributed by atoms with E-state index in [0.29, 0.717) is 5.39 Å². The topological polar surface area (TPSA) is 0 Å². The summed E-state index contributed by atoms with van der Waals surface area (Å²) in [6.07, 6.45) is 10.5. The van der Waals surface area contributed by atoms with E-state index in [1.807, 2.05) is 30.3 Å². The lowest BCUT2D eigenvalue weighted by Crippen LogP contribution is -1.93. The average Bonchev–Trinajstić information content (AvgIpc) is 2.92. The second-order valence-corrected chi connectivity index (χ2v) is 9.77. The van der Waals surface area contributed by atoms with Crippen LogP contribution in [0.2, 0.25) is 0 Å². The van der Waals surface area contributed by atoms with Crippen LogP contribution >= 0.6 is 0 Å². The molecule has 0 nitrogen and oxygen atoms in total. The Hall–Kier alpha value is -3.37. The van der Waals surface area contributed by atoms with Gasteiger partial charge in [-0.15, -0.1) is 0 Å². The van der Waals surface area contributed by atoms with Gasteiger partial charge in [0.1, 0.15) is 5.82 Å². The Morgan fingerprint density at radius 3 is 1.92 bits per heavy atom. The van der Waals surface area contributed by atoms with Crippen molar-refractivity contribution in [3.05, 3.63) is 107 Å². The first-order valence-corrected chi connectivity index (χ1v) is 13.6. The standard InChI is InChI=1S/C35H37F/c1-3-5-7-9-10-27-14-19-30(20-15-27)31-21-16-28(17-22-31)12-13-29-18-25-34-33(26-29)24-23-32(35(34)36)11-8-6-4-2/h14-26H,3-11H2,1-2H3. The van der Waals surface area contributed by atoms with Crippen LogP contribution in [0, 0.1) is 17.7 Å². The van der Waals surface area contributed by atoms with Gasteiger partial charge >= 0.3 is 0 Å². The van der Waals surface area contributed by atoms with Gasteiger partial charge in [-0.25, -0.2) is 4.39 Å². The third-order valence-electron chi connectivity index (χ3n) is 6.93. The number of aryl methyl sites for hydroxylation is 2. The Labute approximate surface area is 216 Å². The molecule has 0 unspecified atom stereocenters. The minimum atomic E-state index is -0.0803. The molecule has 0 N–H and O–H groups in total. The average molecular weight is 477 g/mol. The molecule has 0 aliphatic heterocycles. The molecule has 0 amide bonds. The summed E-state index contributed by atoms with van der Waals surface area (Å²) in [5, 5.41) is 1.59. The highest BCUT2D eigenvalue weighted by Crippen LogP contribution is 2.24. The molecule has 1 heteroatoms. The smallest absolute Gasteiger partial charge is 0.134 e. The van der Waals surface area contributed by atoms with Gasteiger partial charge in [0.05, 0.1) is 0 Å². The Morgan fingerprint density at radius 1 is 0.583 bits per heavy atom. The predicted octanol–water partition coefficient (Wildman–Crippen LogP) is 9.90. The number of hydrogen-bond donors (Lipinski definition) is 0. The lowest BCUT2D eigenvalue weighted by atomic mass is 9.99. The lowest BCUT2D eigenvalue weighted by Gasteiger charge is -2.07. The first-order valence-electron chi connectivity index (χ1n) is 13.6. The molecule has 0 fully saturated rings. The first-order chi connectivity index (χ1) is 17.7. The highest BCUT2D eigenvalue weighted by atomic mass is 19.1. The van der Waals surface area contributed by atoms with Crippen molar-refractivity contribution in [1.29, 1.82) is 0 Å². The quantitative estimate of drug-likeness (QED) is 0.158. The molecular weight excluding hydrogens is 439 g/mol. The normalized spacial score (nSPS) is 10.9. The summed E-state index contributed by atoms with van der Waals surface area (Å²) < 4.78 is 14.9. The number of benzene rings is 4. The highest BCUT2D eigenvalue weighted by Gasteiger charge is 2.07. The van der Waals surface area contributed by atoms with Gasteiger partial charge in [-0.2, -0.15) is 0 Å². The molecule has 0 aromatic heterocycles. The maximum Gasteiger partial charge on any atom is 0.134 e. The van der Waals surface area contributed by atoms with Gasteiger partial charge in [-0.3, -0.25) is 0 Å². The number of halogens is 1. The van der Waals surface area contributed by atoms with E-state index in [2.05, 4.69) is 74.2 Å². The fourth-order valence-corrected chi connectivity index (χ4v) is 4.68. The van der Waals surface area contributed by atoms with Gasteiger partial charge in [-0.05, 0) is 77.6 Å². The Bertz CT molecular complexity index is 1320. The van der Waals surface area contributed by atoms with E-state index in [0.717, 1.165) is 54.2 Å². The van der Waals surface area contributed by atoms with Crippen LogP contribution in [0.25, 0.3) is 21.9 Å². The van der Waals surface area contributed by atoms with Gasteiger partial charge in [0.2, 0.25) is 0 Å². The second-order valence-electron chi connectivity index (χ2n) is 9.77. The zero-order chi connectivity index (χ0) is 25.2. The molecule has 0 spiro atoms. The molecule has 0 saturated heterocycles. The van der Waals surface area contributed by atoms with Gasteiger partial charge in [0.15, 0.2) is 0 Å². The van der Waals surface area contributed by atoms with Crippen molar-refractivity contribution in [3.63, 3.8) is 0 Å². The maximum absolute atomic E-state index is 14.9. The molecule has 184 valence electrons. The summed E-state index contributed by atoms with van der Waals surface area (Å²) in [5.74, 6) is 6.43. The summed E-state index contributed by atoms with van der Waals surface area (Å²) in [5.41, 5.74) is 6.55. The molecule has 0 radical (unpaired) electrons. The third kappa shape index (κ3) is 6.86. The molecule has 36 heavy (non-hydrogen) atoms. The number of hydrogen-bond acceptors (Lipinski definition) is 0. The van der Waals surface area contributed by atoms with Crippen LogP contribution < -0.4 is 0 Å². The van der Waals surface area contributed by atoms with Crippen LogP contribution in [0.1, 0.15) is 81.0 Å². The van der Waals surface area contributed by atoms with Crippen molar-refractivity contribution in [2.45, 2.75) is 71.6 Å². The summed E-state index contributed by atoms with van der Waals surface area (Å²) in [4.78, 5) is 0. The van der Waals surface area contributed by atoms with E-state index in [-0.39, 0.29) is 5.82 Å². The fraction of sp³-hybridized carbons (Fsp3) is 0.314. The third-order valence-corrected chi connectivity index (χ3v) is 6.93. The van der Waals surface area contributed by atoms with Crippen LogP contribution in [0.15, 0.2) is 78.9 Å². The van der Waals surface area contributed by atoms with Crippen molar-refractivity contribution >= 4 is 10.8 Å². The largest absolute Gasteiger partial charge is 0.206 e. The fourth-order valence-electron chi connectivity index (χ4n) is 4.68. The van der Waals surface area contributed by atoms with E-state index < -0.39 is 0 Å². The summed E-state index contributed by atoms with van der Waals surface area (Å²) in [7, 11) is 0. The van der Waals surface area contributed by atoms with Crippen LogP contribution in [-0.4, -0.2) is 0 Å². The molecule has 0 aliphatic carbocycles. The van der Waals surface area contributed by atoms with Crippen LogP contribution in [0.3, 0.4) is 0 Å². The monoisotopic (exact) mass is 476 g/mol. The summed E-state index contributed by atoms with van der Waals surface area (Å²) in [6.45, 7) is 4.42. The Kier molecular flexibility index (Phi) is 9.34. The van der Waals surface area contributed by atoms with Gasteiger partial charge < -0.3 is 0 Å². The zero-order valence-electron chi connectivity index (χ0n) is 21.7. The molecule has 0 saturated carbocycles. The molecule has 0 bridgehead atoms. The Morgan fingerprint density at radius 2 is 1.19 bits per heavy atom. The van der Waals surface area contributed by atoms with Crippen molar-refractivity contribution in [1.82, 2.24) is 0 Å². The van der Waals surface area contributed by atoms with Crippen molar-refractivity contribution in [3.8, 4) is 23.0 Å². The predicted molar refractivity (Wildman–Crippen MR) is 153 cm³/mol. The summed E-state index contributed by atoms with van der Waals surface area (Å²) in [6, 6.07) is 27.1. The lowest BCUT2D eigenvalue weighted by molar-refractivity contribution is 0.609. The summed E-state index contributed by atoms with van der Waals surface area (Å²) >= 11 is 0. The minimum Gasteiger partial charge on any atom is -0.206 e. The molecule has 0 atom stereocenters. The Balaban J connectivity index is 1.41. The van der Waals surface area contributed by atoms with Crippen LogP contribution in [-0.2, 0) is 12.8 Å². The van der Waals surface area contributed by atoms with Gasteiger partial charge in [0, 0.05) is 16.5 Å². The minimum absolute atomic E-state index is 0.0803. The zero-order valence-corrected chi connectivity index (χ0v) is 21.7. The number of unbranched alkanes of at least 4 members (excludes halogenated alkanes) is 5. The van der Waals surface area contributed by atoms with E-state index in [4.69, 9.17) is 0 Å². The van der Waals surface area contributed by atoms with Crippen LogP contribution in [0.4, 0.5) is 4.39 Å².